The first-order valence-electron chi connectivity index (χ1n) is 6.17. The Hall–Kier alpha value is -0.980. The fourth-order valence-electron chi connectivity index (χ4n) is 2.67. The third-order valence-corrected chi connectivity index (χ3v) is 3.87. The van der Waals surface area contributed by atoms with Gasteiger partial charge in [0.1, 0.15) is 0 Å². The lowest BCUT2D eigenvalue weighted by atomic mass is 9.86. The fourth-order valence-corrected chi connectivity index (χ4v) is 2.67. The normalized spacial score (nSPS) is 29.4. The molecule has 3 rings (SSSR count). The van der Waals surface area contributed by atoms with E-state index in [2.05, 4.69) is 36.5 Å². The topological polar surface area (TPSA) is 12.0 Å². The van der Waals surface area contributed by atoms with Crippen molar-refractivity contribution in [1.82, 2.24) is 0 Å². The van der Waals surface area contributed by atoms with Gasteiger partial charge in [-0.1, -0.05) is 38.0 Å². The minimum Gasteiger partial charge on any atom is -0.382 e. The van der Waals surface area contributed by atoms with Crippen LogP contribution in [0.3, 0.4) is 0 Å². The molecule has 1 nitrogen and oxygen atoms in total. The van der Waals surface area contributed by atoms with Crippen LogP contribution in [0, 0.1) is 11.8 Å². The quantitative estimate of drug-likeness (QED) is 0.772. The molecule has 0 bridgehead atoms. The van der Waals surface area contributed by atoms with E-state index >= 15 is 0 Å². The lowest BCUT2D eigenvalue weighted by Gasteiger charge is -2.32. The summed E-state index contributed by atoms with van der Waals surface area (Å²) in [6.07, 6.45) is 5.56. The standard InChI is InChI=1S/C14H19N/c1-10-8-12-4-2-3-5-13(12)15-14(10)9-11-6-7-11/h2-5,10-11,14-15H,6-9H2,1H3. The number of para-hydroxylation sites is 1. The van der Waals surface area contributed by atoms with Gasteiger partial charge in [-0.15, -0.1) is 0 Å². The third kappa shape index (κ3) is 1.88. The van der Waals surface area contributed by atoms with E-state index in [-0.39, 0.29) is 0 Å². The van der Waals surface area contributed by atoms with Crippen LogP contribution < -0.4 is 5.32 Å². The van der Waals surface area contributed by atoms with Crippen LogP contribution in [0.25, 0.3) is 0 Å². The van der Waals surface area contributed by atoms with Crippen LogP contribution in [0.1, 0.15) is 31.7 Å². The first kappa shape index (κ1) is 9.26. The van der Waals surface area contributed by atoms with Crippen LogP contribution in [-0.4, -0.2) is 6.04 Å². The van der Waals surface area contributed by atoms with Gasteiger partial charge in [-0.3, -0.25) is 0 Å². The van der Waals surface area contributed by atoms with Gasteiger partial charge in [-0.25, -0.2) is 0 Å². The van der Waals surface area contributed by atoms with Crippen molar-refractivity contribution in [1.29, 1.82) is 0 Å². The van der Waals surface area contributed by atoms with Crippen LogP contribution >= 0.6 is 0 Å². The summed E-state index contributed by atoms with van der Waals surface area (Å²) in [5.41, 5.74) is 2.87. The second-order valence-corrected chi connectivity index (χ2v) is 5.27. The molecule has 1 aromatic rings. The second kappa shape index (κ2) is 3.55. The predicted molar refractivity (Wildman–Crippen MR) is 64.1 cm³/mol. The van der Waals surface area contributed by atoms with Gasteiger partial charge in [-0.2, -0.15) is 0 Å². The summed E-state index contributed by atoms with van der Waals surface area (Å²) >= 11 is 0. The van der Waals surface area contributed by atoms with Crippen molar-refractivity contribution in [3.63, 3.8) is 0 Å². The maximum atomic E-state index is 3.72. The van der Waals surface area contributed by atoms with Gasteiger partial charge in [-0.05, 0) is 36.3 Å². The Kier molecular flexibility index (Phi) is 2.19. The molecule has 1 aromatic carbocycles. The maximum Gasteiger partial charge on any atom is 0.0375 e. The molecule has 1 heterocycles. The molecule has 1 saturated carbocycles. The van der Waals surface area contributed by atoms with Crippen molar-refractivity contribution in [2.45, 2.75) is 38.6 Å². The van der Waals surface area contributed by atoms with Gasteiger partial charge in [0.05, 0.1) is 0 Å². The number of anilines is 1. The first-order valence-corrected chi connectivity index (χ1v) is 6.17. The molecule has 2 aliphatic rings. The van der Waals surface area contributed by atoms with Crippen molar-refractivity contribution in [3.05, 3.63) is 29.8 Å². The largest absolute Gasteiger partial charge is 0.382 e. The number of hydrogen-bond acceptors (Lipinski definition) is 1. The molecule has 0 aromatic heterocycles. The van der Waals surface area contributed by atoms with Gasteiger partial charge < -0.3 is 5.32 Å². The van der Waals surface area contributed by atoms with Crippen LogP contribution in [0.2, 0.25) is 0 Å². The second-order valence-electron chi connectivity index (χ2n) is 5.27. The third-order valence-electron chi connectivity index (χ3n) is 3.87. The molecule has 2 unspecified atom stereocenters. The first-order chi connectivity index (χ1) is 7.33. The molecule has 0 amide bonds. The molecule has 2 atom stereocenters. The van der Waals surface area contributed by atoms with Crippen molar-refractivity contribution < 1.29 is 0 Å². The molecule has 15 heavy (non-hydrogen) atoms. The minimum absolute atomic E-state index is 0.715. The average Bonchev–Trinajstić information content (AvgIpc) is 3.03. The summed E-state index contributed by atoms with van der Waals surface area (Å²) in [6.45, 7) is 2.38. The fraction of sp³-hybridized carbons (Fsp3) is 0.571. The summed E-state index contributed by atoms with van der Waals surface area (Å²) in [4.78, 5) is 0. The Morgan fingerprint density at radius 2 is 2.07 bits per heavy atom. The van der Waals surface area contributed by atoms with E-state index in [1.807, 2.05) is 0 Å². The highest BCUT2D eigenvalue weighted by Gasteiger charge is 2.30. The Morgan fingerprint density at radius 1 is 1.27 bits per heavy atom. The number of rotatable bonds is 2. The van der Waals surface area contributed by atoms with Crippen molar-refractivity contribution >= 4 is 5.69 Å². The molecule has 80 valence electrons. The van der Waals surface area contributed by atoms with E-state index in [1.54, 1.807) is 0 Å². The Labute approximate surface area is 91.9 Å². The zero-order chi connectivity index (χ0) is 10.3. The van der Waals surface area contributed by atoms with E-state index in [9.17, 15) is 0 Å². The molecular weight excluding hydrogens is 182 g/mol. The Bertz CT molecular complexity index is 354. The van der Waals surface area contributed by atoms with Gasteiger partial charge in [0, 0.05) is 11.7 Å². The smallest absolute Gasteiger partial charge is 0.0375 e. The van der Waals surface area contributed by atoms with Gasteiger partial charge in [0.15, 0.2) is 0 Å². The lowest BCUT2D eigenvalue weighted by Crippen LogP contribution is -2.33. The average molecular weight is 201 g/mol. The highest BCUT2D eigenvalue weighted by atomic mass is 14.9. The zero-order valence-electron chi connectivity index (χ0n) is 9.37. The SMILES string of the molecule is CC1Cc2ccccc2NC1CC1CC1. The molecular formula is C14H19N. The molecule has 0 spiro atoms. The number of benzene rings is 1. The monoisotopic (exact) mass is 201 g/mol. The molecule has 1 heteroatoms. The van der Waals surface area contributed by atoms with Gasteiger partial charge in [0.2, 0.25) is 0 Å². The number of hydrogen-bond donors (Lipinski definition) is 1. The van der Waals surface area contributed by atoms with Crippen LogP contribution in [0.5, 0.6) is 0 Å². The highest BCUT2D eigenvalue weighted by molar-refractivity contribution is 5.54. The minimum atomic E-state index is 0.715. The predicted octanol–water partition coefficient (Wildman–Crippen LogP) is 3.46. The number of fused-ring (bicyclic) bond motifs is 1. The lowest BCUT2D eigenvalue weighted by molar-refractivity contribution is 0.424. The molecule has 1 aliphatic heterocycles. The van der Waals surface area contributed by atoms with Crippen molar-refractivity contribution in [3.8, 4) is 0 Å². The van der Waals surface area contributed by atoms with Crippen LogP contribution in [0.15, 0.2) is 24.3 Å². The van der Waals surface area contributed by atoms with E-state index in [0.717, 1.165) is 11.8 Å². The van der Waals surface area contributed by atoms with Gasteiger partial charge >= 0.3 is 0 Å². The highest BCUT2D eigenvalue weighted by Crippen LogP contribution is 2.38. The molecule has 1 fully saturated rings. The van der Waals surface area contributed by atoms with Crippen LogP contribution in [0.4, 0.5) is 5.69 Å². The van der Waals surface area contributed by atoms with Gasteiger partial charge in [0.25, 0.3) is 0 Å². The Morgan fingerprint density at radius 3 is 2.87 bits per heavy atom. The summed E-state index contributed by atoms with van der Waals surface area (Å²) in [7, 11) is 0. The maximum absolute atomic E-state index is 3.72. The summed E-state index contributed by atoms with van der Waals surface area (Å²) in [5.74, 6) is 1.82. The van der Waals surface area contributed by atoms with E-state index in [0.29, 0.717) is 6.04 Å². The van der Waals surface area contributed by atoms with E-state index < -0.39 is 0 Å². The summed E-state index contributed by atoms with van der Waals surface area (Å²) < 4.78 is 0. The molecule has 0 radical (unpaired) electrons. The zero-order valence-corrected chi connectivity index (χ0v) is 9.37. The van der Waals surface area contributed by atoms with Crippen molar-refractivity contribution in [2.75, 3.05) is 5.32 Å². The number of nitrogens with one attached hydrogen (secondary N) is 1. The molecule has 0 saturated heterocycles. The van der Waals surface area contributed by atoms with E-state index in [1.165, 1.54) is 36.9 Å². The van der Waals surface area contributed by atoms with E-state index in [4.69, 9.17) is 0 Å². The Balaban J connectivity index is 1.78. The molecule has 1 N–H and O–H groups in total. The van der Waals surface area contributed by atoms with Crippen LogP contribution in [-0.2, 0) is 6.42 Å². The van der Waals surface area contributed by atoms with Crippen molar-refractivity contribution in [2.24, 2.45) is 11.8 Å². The summed E-state index contributed by atoms with van der Waals surface area (Å²) in [6, 6.07) is 9.48. The summed E-state index contributed by atoms with van der Waals surface area (Å²) in [5, 5.41) is 3.72. The molecule has 1 aliphatic carbocycles.